The number of aromatic nitrogens is 2. The smallest absolute Gasteiger partial charge is 0.410 e. The molecule has 0 saturated carbocycles. The van der Waals surface area contributed by atoms with E-state index in [9.17, 15) is 13.2 Å². The van der Waals surface area contributed by atoms with Crippen LogP contribution in [0.25, 0.3) is 0 Å². The average molecular weight is 544 g/mol. The van der Waals surface area contributed by atoms with E-state index in [0.29, 0.717) is 12.4 Å². The first kappa shape index (κ1) is 25.7. The number of hydrogen-bond donors (Lipinski definition) is 0. The molecule has 1 aromatic carbocycles. The number of methoxy groups -OCH3 is 1. The molecule has 1 aromatic heterocycles. The minimum absolute atomic E-state index is 0.00832. The van der Waals surface area contributed by atoms with Crippen molar-refractivity contribution in [1.29, 1.82) is 0 Å². The van der Waals surface area contributed by atoms with Crippen molar-refractivity contribution in [2.45, 2.75) is 36.3 Å². The lowest BCUT2D eigenvalue weighted by molar-refractivity contribution is 0.0607. The second kappa shape index (κ2) is 10.7. The molecule has 0 radical (unpaired) electrons. The summed E-state index contributed by atoms with van der Waals surface area (Å²) >= 11 is 12.1. The fraction of sp³-hybridized carbons (Fsp3) is 0.500. The van der Waals surface area contributed by atoms with Crippen molar-refractivity contribution in [3.05, 3.63) is 40.5 Å². The number of amides is 1. The Balaban J connectivity index is 1.30. The van der Waals surface area contributed by atoms with E-state index in [0.717, 1.165) is 31.7 Å². The van der Waals surface area contributed by atoms with Crippen LogP contribution in [0.1, 0.15) is 19.3 Å². The van der Waals surface area contributed by atoms with E-state index in [2.05, 4.69) is 14.9 Å². The Morgan fingerprint density at radius 1 is 1.14 bits per heavy atom. The zero-order valence-corrected chi connectivity index (χ0v) is 21.8. The maximum Gasteiger partial charge on any atom is 0.410 e. The quantitative estimate of drug-likeness (QED) is 0.546. The standard InChI is InChI=1S/C22H27Cl2N5O5S/c1-27(15-7-11-28(12-8-15)19-6-10-25-21(26-19)33-2)22(30)34-16-9-13-29(14-16)35(31,32)18-5-3-4-17(23)20(18)24/h3-6,10,15-16H,7-9,11-14H2,1-2H3/t16-/m0/s1. The number of nitrogens with zero attached hydrogens (tertiary/aromatic N) is 5. The van der Waals surface area contributed by atoms with E-state index in [-0.39, 0.29) is 34.1 Å². The molecule has 35 heavy (non-hydrogen) atoms. The van der Waals surface area contributed by atoms with Crippen LogP contribution < -0.4 is 9.64 Å². The number of rotatable bonds is 6. The van der Waals surface area contributed by atoms with Gasteiger partial charge in [-0.1, -0.05) is 29.3 Å². The first-order chi connectivity index (χ1) is 16.7. The fourth-order valence-corrected chi connectivity index (χ4v) is 6.52. The number of carbonyl (C=O) groups excluding carboxylic acids is 1. The van der Waals surface area contributed by atoms with Gasteiger partial charge in [-0.3, -0.25) is 0 Å². The average Bonchev–Trinajstić information content (AvgIpc) is 3.34. The van der Waals surface area contributed by atoms with Gasteiger partial charge in [0, 0.05) is 38.9 Å². The van der Waals surface area contributed by atoms with E-state index < -0.39 is 22.2 Å². The van der Waals surface area contributed by atoms with Gasteiger partial charge in [-0.25, -0.2) is 18.2 Å². The van der Waals surface area contributed by atoms with Crippen molar-refractivity contribution < 1.29 is 22.7 Å². The SMILES string of the molecule is COc1nccc(N2CCC(N(C)C(=O)O[C@H]3CCN(S(=O)(=O)c4cccc(Cl)c4Cl)C3)CC2)n1. The molecule has 2 fully saturated rings. The minimum atomic E-state index is -3.85. The summed E-state index contributed by atoms with van der Waals surface area (Å²) in [5.41, 5.74) is 0. The molecule has 190 valence electrons. The van der Waals surface area contributed by atoms with Crippen LogP contribution in [0.5, 0.6) is 6.01 Å². The monoisotopic (exact) mass is 543 g/mol. The van der Waals surface area contributed by atoms with Crippen molar-refractivity contribution in [2.75, 3.05) is 45.2 Å². The summed E-state index contributed by atoms with van der Waals surface area (Å²) in [6, 6.07) is 6.64. The molecule has 3 heterocycles. The van der Waals surface area contributed by atoms with Gasteiger partial charge in [0.15, 0.2) is 0 Å². The number of benzene rings is 1. The third kappa shape index (κ3) is 5.58. The molecule has 2 aromatic rings. The third-order valence-corrected chi connectivity index (χ3v) is 9.17. The van der Waals surface area contributed by atoms with Crippen LogP contribution in [0.3, 0.4) is 0 Å². The summed E-state index contributed by atoms with van der Waals surface area (Å²) in [5.74, 6) is 0.785. The lowest BCUT2D eigenvalue weighted by atomic mass is 10.0. The summed E-state index contributed by atoms with van der Waals surface area (Å²) in [6.07, 6.45) is 2.56. The van der Waals surface area contributed by atoms with Gasteiger partial charge < -0.3 is 19.3 Å². The summed E-state index contributed by atoms with van der Waals surface area (Å²) in [4.78, 5) is 24.9. The van der Waals surface area contributed by atoms with E-state index in [4.69, 9.17) is 32.7 Å². The second-order valence-electron chi connectivity index (χ2n) is 8.44. The summed E-state index contributed by atoms with van der Waals surface area (Å²) in [5, 5.41) is 0.155. The summed E-state index contributed by atoms with van der Waals surface area (Å²) < 4.78 is 38.1. The number of piperidine rings is 1. The lowest BCUT2D eigenvalue weighted by Gasteiger charge is -2.37. The molecular weight excluding hydrogens is 517 g/mol. The molecule has 0 spiro atoms. The summed E-state index contributed by atoms with van der Waals surface area (Å²) in [7, 11) is -0.613. The van der Waals surface area contributed by atoms with Crippen molar-refractivity contribution in [3.8, 4) is 6.01 Å². The van der Waals surface area contributed by atoms with E-state index in [1.54, 1.807) is 18.1 Å². The number of sulfonamides is 1. The van der Waals surface area contributed by atoms with Gasteiger partial charge in [0.25, 0.3) is 0 Å². The molecule has 10 nitrogen and oxygen atoms in total. The molecule has 0 aliphatic carbocycles. The van der Waals surface area contributed by atoms with Crippen LogP contribution in [0, 0.1) is 0 Å². The van der Waals surface area contributed by atoms with E-state index in [1.807, 2.05) is 6.07 Å². The molecule has 0 bridgehead atoms. The van der Waals surface area contributed by atoms with Crippen LogP contribution in [-0.4, -0.2) is 86.2 Å². The van der Waals surface area contributed by atoms with Crippen LogP contribution in [0.15, 0.2) is 35.4 Å². The highest BCUT2D eigenvalue weighted by atomic mass is 35.5. The lowest BCUT2D eigenvalue weighted by Crippen LogP contribution is -2.46. The van der Waals surface area contributed by atoms with Gasteiger partial charge in [0.1, 0.15) is 16.8 Å². The number of anilines is 1. The van der Waals surface area contributed by atoms with Crippen molar-refractivity contribution >= 4 is 45.1 Å². The van der Waals surface area contributed by atoms with Gasteiger partial charge in [-0.05, 0) is 37.5 Å². The molecule has 0 unspecified atom stereocenters. The van der Waals surface area contributed by atoms with Gasteiger partial charge in [-0.2, -0.15) is 9.29 Å². The van der Waals surface area contributed by atoms with Gasteiger partial charge in [0.05, 0.1) is 23.7 Å². The van der Waals surface area contributed by atoms with Crippen molar-refractivity contribution in [2.24, 2.45) is 0 Å². The zero-order chi connectivity index (χ0) is 25.2. The predicted octanol–water partition coefficient (Wildman–Crippen LogP) is 3.29. The van der Waals surface area contributed by atoms with Crippen LogP contribution >= 0.6 is 23.2 Å². The predicted molar refractivity (Wildman–Crippen MR) is 132 cm³/mol. The molecule has 1 atom stereocenters. The van der Waals surface area contributed by atoms with Crippen molar-refractivity contribution in [1.82, 2.24) is 19.2 Å². The highest BCUT2D eigenvalue weighted by Gasteiger charge is 2.37. The second-order valence-corrected chi connectivity index (χ2v) is 11.1. The molecular formula is C22H27Cl2N5O5S. The highest BCUT2D eigenvalue weighted by Crippen LogP contribution is 2.32. The van der Waals surface area contributed by atoms with Crippen LogP contribution in [0.2, 0.25) is 10.0 Å². The molecule has 2 aliphatic rings. The zero-order valence-electron chi connectivity index (χ0n) is 19.4. The Morgan fingerprint density at radius 3 is 2.60 bits per heavy atom. The number of halogens is 2. The Hall–Kier alpha value is -2.34. The van der Waals surface area contributed by atoms with Crippen molar-refractivity contribution in [3.63, 3.8) is 0 Å². The molecule has 0 N–H and O–H groups in total. The first-order valence-corrected chi connectivity index (χ1v) is 13.4. The molecule has 4 rings (SSSR count). The third-order valence-electron chi connectivity index (χ3n) is 6.33. The highest BCUT2D eigenvalue weighted by molar-refractivity contribution is 7.89. The molecule has 13 heteroatoms. The largest absolute Gasteiger partial charge is 0.467 e. The maximum absolute atomic E-state index is 13.0. The topological polar surface area (TPSA) is 105 Å². The van der Waals surface area contributed by atoms with Gasteiger partial charge in [-0.15, -0.1) is 0 Å². The van der Waals surface area contributed by atoms with Gasteiger partial charge in [0.2, 0.25) is 10.0 Å². The normalized spacial score (nSPS) is 19.5. The summed E-state index contributed by atoms with van der Waals surface area (Å²) in [6.45, 7) is 1.74. The first-order valence-electron chi connectivity index (χ1n) is 11.2. The van der Waals surface area contributed by atoms with Crippen LogP contribution in [0.4, 0.5) is 10.6 Å². The Morgan fingerprint density at radius 2 is 1.89 bits per heavy atom. The van der Waals surface area contributed by atoms with E-state index in [1.165, 1.54) is 29.6 Å². The molecule has 1 amide bonds. The van der Waals surface area contributed by atoms with Gasteiger partial charge >= 0.3 is 12.1 Å². The number of ether oxygens (including phenoxy) is 2. The number of hydrogen-bond acceptors (Lipinski definition) is 8. The van der Waals surface area contributed by atoms with E-state index >= 15 is 0 Å². The molecule has 2 saturated heterocycles. The Kier molecular flexibility index (Phi) is 7.89. The van der Waals surface area contributed by atoms with Crippen LogP contribution in [-0.2, 0) is 14.8 Å². The fourth-order valence-electron chi connectivity index (χ4n) is 4.30. The number of carbonyl (C=O) groups is 1. The minimum Gasteiger partial charge on any atom is -0.467 e. The molecule has 2 aliphatic heterocycles. The Labute approximate surface area is 214 Å². The Bertz CT molecular complexity index is 1180. The maximum atomic E-state index is 13.0.